The summed E-state index contributed by atoms with van der Waals surface area (Å²) in [4.78, 5) is 31.0. The van der Waals surface area contributed by atoms with Gasteiger partial charge < -0.3 is 14.4 Å². The summed E-state index contributed by atoms with van der Waals surface area (Å²) in [5.41, 5.74) is 2.45. The van der Waals surface area contributed by atoms with Gasteiger partial charge in [0.25, 0.3) is 0 Å². The highest BCUT2D eigenvalue weighted by atomic mass is 19.1. The van der Waals surface area contributed by atoms with Crippen LogP contribution in [0.15, 0.2) is 30.6 Å². The van der Waals surface area contributed by atoms with Gasteiger partial charge in [-0.1, -0.05) is 6.42 Å². The molecule has 0 unspecified atom stereocenters. The molecule has 31 heavy (non-hydrogen) atoms. The molecular weight excluding hydrogens is 395 g/mol. The van der Waals surface area contributed by atoms with E-state index < -0.39 is 0 Å². The quantitative estimate of drug-likeness (QED) is 0.646. The van der Waals surface area contributed by atoms with Crippen molar-refractivity contribution in [1.29, 1.82) is 0 Å². The summed E-state index contributed by atoms with van der Waals surface area (Å²) >= 11 is 0. The predicted octanol–water partition coefficient (Wildman–Crippen LogP) is 3.57. The zero-order valence-electron chi connectivity index (χ0n) is 17.8. The van der Waals surface area contributed by atoms with Gasteiger partial charge in [0.05, 0.1) is 5.92 Å². The summed E-state index contributed by atoms with van der Waals surface area (Å²) < 4.78 is 15.5. The minimum Gasteiger partial charge on any atom is -0.354 e. The van der Waals surface area contributed by atoms with Gasteiger partial charge in [0.2, 0.25) is 5.91 Å². The van der Waals surface area contributed by atoms with Gasteiger partial charge >= 0.3 is 0 Å². The van der Waals surface area contributed by atoms with Crippen LogP contribution in [0.1, 0.15) is 37.9 Å². The minimum absolute atomic E-state index is 0.0437. The van der Waals surface area contributed by atoms with Crippen LogP contribution >= 0.6 is 0 Å². The smallest absolute Gasteiger partial charge is 0.231 e. The number of piperidine rings is 1. The number of hydrogen-bond donors (Lipinski definition) is 0. The maximum absolute atomic E-state index is 13.3. The van der Waals surface area contributed by atoms with Crippen molar-refractivity contribution in [3.8, 4) is 0 Å². The minimum atomic E-state index is -0.306. The summed E-state index contributed by atoms with van der Waals surface area (Å²) in [5.74, 6) is 1.51. The van der Waals surface area contributed by atoms with Crippen molar-refractivity contribution in [2.75, 3.05) is 29.9 Å². The molecule has 1 aromatic carbocycles. The van der Waals surface area contributed by atoms with E-state index >= 15 is 0 Å². The van der Waals surface area contributed by atoms with E-state index in [0.29, 0.717) is 12.2 Å². The molecule has 5 rings (SSSR count). The third-order valence-electron chi connectivity index (χ3n) is 6.49. The van der Waals surface area contributed by atoms with Gasteiger partial charge in [-0.2, -0.15) is 0 Å². The maximum atomic E-state index is 13.3. The van der Waals surface area contributed by atoms with E-state index in [4.69, 9.17) is 4.98 Å². The van der Waals surface area contributed by atoms with Gasteiger partial charge in [0.1, 0.15) is 18.0 Å². The van der Waals surface area contributed by atoms with Gasteiger partial charge in [0, 0.05) is 38.8 Å². The fraction of sp³-hybridized carbons (Fsp3) is 0.478. The molecule has 1 fully saturated rings. The molecule has 162 valence electrons. The average Bonchev–Trinajstić information content (AvgIpc) is 2.99. The number of imidazole rings is 1. The van der Waals surface area contributed by atoms with Crippen molar-refractivity contribution in [2.24, 2.45) is 5.92 Å². The van der Waals surface area contributed by atoms with Gasteiger partial charge in [-0.15, -0.1) is 0 Å². The van der Waals surface area contributed by atoms with Crippen molar-refractivity contribution in [3.05, 3.63) is 42.2 Å². The lowest BCUT2D eigenvalue weighted by Gasteiger charge is -2.34. The normalized spacial score (nSPS) is 19.2. The predicted molar refractivity (Wildman–Crippen MR) is 118 cm³/mol. The number of benzene rings is 1. The number of fused-ring (bicyclic) bond motifs is 3. The van der Waals surface area contributed by atoms with Gasteiger partial charge in [-0.3, -0.25) is 4.79 Å². The Bertz CT molecular complexity index is 1100. The molecule has 4 heterocycles. The maximum Gasteiger partial charge on any atom is 0.231 e. The van der Waals surface area contributed by atoms with Gasteiger partial charge in [-0.25, -0.2) is 19.3 Å². The van der Waals surface area contributed by atoms with Gasteiger partial charge in [0.15, 0.2) is 17.0 Å². The summed E-state index contributed by atoms with van der Waals surface area (Å²) in [7, 11) is 1.75. The van der Waals surface area contributed by atoms with Crippen LogP contribution < -0.4 is 9.80 Å². The Morgan fingerprint density at radius 3 is 2.77 bits per heavy atom. The molecular formula is C23H27FN6O. The van der Waals surface area contributed by atoms with E-state index in [1.165, 1.54) is 18.6 Å². The highest BCUT2D eigenvalue weighted by Gasteiger charge is 2.31. The van der Waals surface area contributed by atoms with Crippen LogP contribution in [0, 0.1) is 11.7 Å². The Morgan fingerprint density at radius 1 is 1.10 bits per heavy atom. The van der Waals surface area contributed by atoms with E-state index in [9.17, 15) is 9.18 Å². The van der Waals surface area contributed by atoms with Crippen LogP contribution in [0.25, 0.3) is 11.2 Å². The lowest BCUT2D eigenvalue weighted by Crippen LogP contribution is -2.44. The van der Waals surface area contributed by atoms with Crippen molar-refractivity contribution < 1.29 is 9.18 Å². The highest BCUT2D eigenvalue weighted by molar-refractivity contribution is 5.95. The molecule has 0 aliphatic carbocycles. The summed E-state index contributed by atoms with van der Waals surface area (Å²) in [5, 5.41) is 0. The Morgan fingerprint density at radius 2 is 1.94 bits per heavy atom. The van der Waals surface area contributed by atoms with Crippen LogP contribution in [0.5, 0.6) is 0 Å². The second kappa shape index (κ2) is 8.24. The first kappa shape index (κ1) is 19.9. The van der Waals surface area contributed by atoms with Crippen LogP contribution in [0.2, 0.25) is 0 Å². The first-order chi connectivity index (χ1) is 15.1. The van der Waals surface area contributed by atoms with Crippen LogP contribution in [0.3, 0.4) is 0 Å². The molecule has 1 atom stereocenters. The Balaban J connectivity index is 1.40. The van der Waals surface area contributed by atoms with E-state index in [0.717, 1.165) is 68.0 Å². The van der Waals surface area contributed by atoms with Crippen molar-refractivity contribution >= 4 is 28.6 Å². The number of aromatic nitrogens is 4. The molecule has 0 N–H and O–H groups in total. The van der Waals surface area contributed by atoms with Crippen molar-refractivity contribution in [1.82, 2.24) is 19.5 Å². The van der Waals surface area contributed by atoms with E-state index in [1.807, 2.05) is 0 Å². The molecule has 2 aromatic heterocycles. The highest BCUT2D eigenvalue weighted by Crippen LogP contribution is 2.30. The number of halogens is 1. The first-order valence-electron chi connectivity index (χ1n) is 11.1. The fourth-order valence-electron chi connectivity index (χ4n) is 4.79. The molecule has 1 saturated heterocycles. The second-order valence-electron chi connectivity index (χ2n) is 8.52. The number of rotatable bonds is 3. The third kappa shape index (κ3) is 3.75. The molecule has 0 radical (unpaired) electrons. The van der Waals surface area contributed by atoms with E-state index in [2.05, 4.69) is 19.4 Å². The number of amides is 1. The Kier molecular flexibility index (Phi) is 5.29. The lowest BCUT2D eigenvalue weighted by atomic mass is 9.96. The van der Waals surface area contributed by atoms with Gasteiger partial charge in [-0.05, 0) is 49.9 Å². The Hall–Kier alpha value is -3.03. The SMILES string of the molecule is CN(C(=O)[C@H]1CCCN(c2ncnc3c2nc2n3CCCCC2)C1)c1ccc(F)cc1. The molecule has 2 aliphatic heterocycles. The molecule has 3 aromatic rings. The Labute approximate surface area is 180 Å². The largest absolute Gasteiger partial charge is 0.354 e. The molecule has 1 amide bonds. The molecule has 0 saturated carbocycles. The van der Waals surface area contributed by atoms with Crippen molar-refractivity contribution in [3.63, 3.8) is 0 Å². The van der Waals surface area contributed by atoms with E-state index in [-0.39, 0.29) is 17.6 Å². The zero-order chi connectivity index (χ0) is 21.4. The van der Waals surface area contributed by atoms with Crippen LogP contribution in [-0.4, -0.2) is 45.6 Å². The number of nitrogens with zero attached hydrogens (tertiary/aromatic N) is 6. The third-order valence-corrected chi connectivity index (χ3v) is 6.49. The second-order valence-corrected chi connectivity index (χ2v) is 8.52. The standard InChI is InChI=1S/C23H27FN6O/c1-28(18-10-8-17(24)9-11-18)23(31)16-6-5-12-29(14-16)21-20-22(26-15-25-21)30-13-4-2-3-7-19(30)27-20/h8-11,15-16H,2-7,12-14H2,1H3/t16-/m0/s1. The molecule has 0 bridgehead atoms. The average molecular weight is 423 g/mol. The monoisotopic (exact) mass is 422 g/mol. The summed E-state index contributed by atoms with van der Waals surface area (Å²) in [6.45, 7) is 2.39. The molecule has 2 aliphatic rings. The first-order valence-corrected chi connectivity index (χ1v) is 11.1. The fourth-order valence-corrected chi connectivity index (χ4v) is 4.79. The zero-order valence-corrected chi connectivity index (χ0v) is 17.8. The van der Waals surface area contributed by atoms with E-state index in [1.54, 1.807) is 30.4 Å². The number of carbonyl (C=O) groups is 1. The number of aryl methyl sites for hydroxylation is 2. The number of carbonyl (C=O) groups excluding carboxylic acids is 1. The summed E-state index contributed by atoms with van der Waals surface area (Å²) in [6.07, 6.45) is 7.85. The molecule has 7 nitrogen and oxygen atoms in total. The molecule has 0 spiro atoms. The van der Waals surface area contributed by atoms with Crippen molar-refractivity contribution in [2.45, 2.75) is 45.1 Å². The molecule has 8 heteroatoms. The summed E-state index contributed by atoms with van der Waals surface area (Å²) in [6, 6.07) is 6.04. The number of hydrogen-bond acceptors (Lipinski definition) is 5. The lowest BCUT2D eigenvalue weighted by molar-refractivity contribution is -0.122. The van der Waals surface area contributed by atoms with Crippen LogP contribution in [0.4, 0.5) is 15.9 Å². The van der Waals surface area contributed by atoms with Crippen LogP contribution in [-0.2, 0) is 17.8 Å². The number of anilines is 2. The topological polar surface area (TPSA) is 67.2 Å².